The van der Waals surface area contributed by atoms with Gasteiger partial charge in [0, 0.05) is 12.1 Å². The molecule has 2 aromatic heterocycles. The number of ether oxygens (including phenoxy) is 1. The highest BCUT2D eigenvalue weighted by molar-refractivity contribution is 7.91. The van der Waals surface area contributed by atoms with Crippen LogP contribution in [0.25, 0.3) is 22.3 Å². The Morgan fingerprint density at radius 1 is 1.14 bits per heavy atom. The third-order valence-electron chi connectivity index (χ3n) is 6.86. The summed E-state index contributed by atoms with van der Waals surface area (Å²) in [5.41, 5.74) is 5.31. The standard InChI is InChI=1S/C28H30N4O4S/c1-18-8-10-20(11-9-18)24-16-23(28(33)29-14-12-21-6-4-5-7-25(21)36-3)26-19(2)31-32(27(26)30-24)22-13-15-37(34,35)17-22/h4-11,16,22H,12-15,17H2,1-3H3,(H,29,33). The van der Waals surface area contributed by atoms with E-state index in [2.05, 4.69) is 10.4 Å². The normalized spacial score (nSPS) is 16.7. The Kier molecular flexibility index (Phi) is 6.72. The van der Waals surface area contributed by atoms with Gasteiger partial charge in [-0.05, 0) is 44.4 Å². The first-order valence-electron chi connectivity index (χ1n) is 12.3. The number of pyridine rings is 1. The van der Waals surface area contributed by atoms with Crippen LogP contribution in [0.1, 0.15) is 39.6 Å². The van der Waals surface area contributed by atoms with E-state index < -0.39 is 9.84 Å². The molecule has 2 aromatic carbocycles. The van der Waals surface area contributed by atoms with Crippen LogP contribution in [0.5, 0.6) is 5.75 Å². The molecular weight excluding hydrogens is 488 g/mol. The molecule has 1 aliphatic rings. The number of sulfone groups is 1. The molecule has 9 heteroatoms. The molecule has 3 heterocycles. The summed E-state index contributed by atoms with van der Waals surface area (Å²) in [6, 6.07) is 17.2. The van der Waals surface area contributed by atoms with E-state index in [1.54, 1.807) is 17.9 Å². The molecule has 1 unspecified atom stereocenters. The first kappa shape index (κ1) is 25.0. The number of methoxy groups -OCH3 is 1. The molecule has 1 atom stereocenters. The molecular formula is C28H30N4O4S. The Bertz CT molecular complexity index is 1580. The molecule has 0 saturated carbocycles. The predicted octanol–water partition coefficient (Wildman–Crippen LogP) is 4.06. The number of hydrogen-bond acceptors (Lipinski definition) is 6. The minimum atomic E-state index is -3.12. The zero-order valence-corrected chi connectivity index (χ0v) is 22.0. The van der Waals surface area contributed by atoms with E-state index in [1.165, 1.54) is 0 Å². The molecule has 0 bridgehead atoms. The average molecular weight is 519 g/mol. The number of hydrogen-bond donors (Lipinski definition) is 1. The lowest BCUT2D eigenvalue weighted by molar-refractivity contribution is 0.0955. The second kappa shape index (κ2) is 9.97. The maximum atomic E-state index is 13.5. The summed E-state index contributed by atoms with van der Waals surface area (Å²) >= 11 is 0. The van der Waals surface area contributed by atoms with Gasteiger partial charge < -0.3 is 10.1 Å². The number of aryl methyl sites for hydroxylation is 2. The Hall–Kier alpha value is -3.72. The van der Waals surface area contributed by atoms with Gasteiger partial charge in [-0.1, -0.05) is 48.0 Å². The van der Waals surface area contributed by atoms with E-state index >= 15 is 0 Å². The van der Waals surface area contributed by atoms with E-state index in [0.29, 0.717) is 47.4 Å². The van der Waals surface area contributed by atoms with Crippen molar-refractivity contribution in [3.05, 3.63) is 77.0 Å². The SMILES string of the molecule is COc1ccccc1CCNC(=O)c1cc(-c2ccc(C)cc2)nc2c1c(C)nn2C1CCS(=O)(=O)C1. The number of amides is 1. The van der Waals surface area contributed by atoms with Crippen LogP contribution in [-0.4, -0.2) is 54.2 Å². The fourth-order valence-corrected chi connectivity index (χ4v) is 6.59. The number of aromatic nitrogens is 3. The van der Waals surface area contributed by atoms with E-state index in [9.17, 15) is 13.2 Å². The molecule has 1 N–H and O–H groups in total. The molecule has 0 radical (unpaired) electrons. The summed E-state index contributed by atoms with van der Waals surface area (Å²) in [6.45, 7) is 4.28. The van der Waals surface area contributed by atoms with Crippen LogP contribution in [0.3, 0.4) is 0 Å². The highest BCUT2D eigenvalue weighted by Gasteiger charge is 2.32. The Morgan fingerprint density at radius 3 is 2.59 bits per heavy atom. The van der Waals surface area contributed by atoms with Gasteiger partial charge in [0.2, 0.25) is 0 Å². The summed E-state index contributed by atoms with van der Waals surface area (Å²) in [7, 11) is -1.49. The lowest BCUT2D eigenvalue weighted by atomic mass is 10.0. The molecule has 1 amide bonds. The van der Waals surface area contributed by atoms with Crippen LogP contribution in [0.15, 0.2) is 54.6 Å². The van der Waals surface area contributed by atoms with Crippen LogP contribution in [0.2, 0.25) is 0 Å². The summed E-state index contributed by atoms with van der Waals surface area (Å²) in [6.07, 6.45) is 1.10. The molecule has 1 fully saturated rings. The van der Waals surface area contributed by atoms with Crippen LogP contribution in [0, 0.1) is 13.8 Å². The van der Waals surface area contributed by atoms with Gasteiger partial charge in [-0.3, -0.25) is 4.79 Å². The second-order valence-electron chi connectivity index (χ2n) is 9.52. The topological polar surface area (TPSA) is 103 Å². The summed E-state index contributed by atoms with van der Waals surface area (Å²) in [4.78, 5) is 18.4. The van der Waals surface area contributed by atoms with E-state index in [1.807, 2.05) is 62.4 Å². The number of carbonyl (C=O) groups excluding carboxylic acids is 1. The smallest absolute Gasteiger partial charge is 0.252 e. The molecule has 0 aliphatic carbocycles. The van der Waals surface area contributed by atoms with Crippen molar-refractivity contribution in [2.24, 2.45) is 0 Å². The monoisotopic (exact) mass is 518 g/mol. The van der Waals surface area contributed by atoms with Gasteiger partial charge in [-0.25, -0.2) is 18.1 Å². The summed E-state index contributed by atoms with van der Waals surface area (Å²) in [5.74, 6) is 0.720. The zero-order valence-electron chi connectivity index (χ0n) is 21.2. The lowest BCUT2D eigenvalue weighted by Crippen LogP contribution is -2.26. The maximum Gasteiger partial charge on any atom is 0.252 e. The predicted molar refractivity (Wildman–Crippen MR) is 144 cm³/mol. The van der Waals surface area contributed by atoms with Crippen molar-refractivity contribution in [1.29, 1.82) is 0 Å². The second-order valence-corrected chi connectivity index (χ2v) is 11.8. The van der Waals surface area contributed by atoms with Crippen LogP contribution >= 0.6 is 0 Å². The number of nitrogens with one attached hydrogen (secondary N) is 1. The minimum absolute atomic E-state index is 0.0279. The Balaban J connectivity index is 1.53. The number of benzene rings is 2. The first-order chi connectivity index (χ1) is 17.8. The number of nitrogens with zero attached hydrogens (tertiary/aromatic N) is 3. The first-order valence-corrected chi connectivity index (χ1v) is 14.2. The van der Waals surface area contributed by atoms with E-state index in [0.717, 1.165) is 22.4 Å². The maximum absolute atomic E-state index is 13.5. The van der Waals surface area contributed by atoms with Crippen molar-refractivity contribution in [3.63, 3.8) is 0 Å². The van der Waals surface area contributed by atoms with Gasteiger partial charge in [-0.15, -0.1) is 0 Å². The van der Waals surface area contributed by atoms with Gasteiger partial charge in [0.15, 0.2) is 15.5 Å². The van der Waals surface area contributed by atoms with Crippen molar-refractivity contribution in [2.75, 3.05) is 25.2 Å². The Morgan fingerprint density at radius 2 is 1.89 bits per heavy atom. The largest absolute Gasteiger partial charge is 0.496 e. The molecule has 1 aliphatic heterocycles. The fraction of sp³-hybridized carbons (Fsp3) is 0.321. The van der Waals surface area contributed by atoms with Crippen molar-refractivity contribution < 1.29 is 17.9 Å². The van der Waals surface area contributed by atoms with Crippen molar-refractivity contribution in [2.45, 2.75) is 32.7 Å². The third kappa shape index (κ3) is 5.09. The van der Waals surface area contributed by atoms with E-state index in [-0.39, 0.29) is 23.5 Å². The van der Waals surface area contributed by atoms with Crippen LogP contribution < -0.4 is 10.1 Å². The highest BCUT2D eigenvalue weighted by Crippen LogP contribution is 2.32. The molecule has 37 heavy (non-hydrogen) atoms. The number of para-hydroxylation sites is 1. The minimum Gasteiger partial charge on any atom is -0.496 e. The zero-order chi connectivity index (χ0) is 26.2. The van der Waals surface area contributed by atoms with Gasteiger partial charge in [0.05, 0.1) is 47.0 Å². The molecule has 0 spiro atoms. The lowest BCUT2D eigenvalue weighted by Gasteiger charge is -2.13. The number of fused-ring (bicyclic) bond motifs is 1. The molecule has 8 nitrogen and oxygen atoms in total. The number of rotatable bonds is 7. The fourth-order valence-electron chi connectivity index (χ4n) is 4.90. The summed E-state index contributed by atoms with van der Waals surface area (Å²) < 4.78 is 31.5. The number of carbonyl (C=O) groups is 1. The quantitative estimate of drug-likeness (QED) is 0.396. The van der Waals surface area contributed by atoms with Crippen LogP contribution in [0.4, 0.5) is 0 Å². The van der Waals surface area contributed by atoms with Gasteiger partial charge in [0.1, 0.15) is 5.75 Å². The molecule has 5 rings (SSSR count). The van der Waals surface area contributed by atoms with Gasteiger partial charge >= 0.3 is 0 Å². The third-order valence-corrected chi connectivity index (χ3v) is 8.61. The van der Waals surface area contributed by atoms with Gasteiger partial charge in [0.25, 0.3) is 5.91 Å². The van der Waals surface area contributed by atoms with Gasteiger partial charge in [-0.2, -0.15) is 5.10 Å². The van der Waals surface area contributed by atoms with Crippen molar-refractivity contribution >= 4 is 26.8 Å². The van der Waals surface area contributed by atoms with E-state index in [4.69, 9.17) is 9.72 Å². The van der Waals surface area contributed by atoms with Crippen molar-refractivity contribution in [1.82, 2.24) is 20.1 Å². The average Bonchev–Trinajstić information content (AvgIpc) is 3.42. The molecule has 192 valence electrons. The molecule has 4 aromatic rings. The van der Waals surface area contributed by atoms with Crippen LogP contribution in [-0.2, 0) is 16.3 Å². The summed E-state index contributed by atoms with van der Waals surface area (Å²) in [5, 5.41) is 8.36. The Labute approximate surface area is 216 Å². The van der Waals surface area contributed by atoms with Crippen molar-refractivity contribution in [3.8, 4) is 17.0 Å². The highest BCUT2D eigenvalue weighted by atomic mass is 32.2. The molecule has 1 saturated heterocycles.